The predicted octanol–water partition coefficient (Wildman–Crippen LogP) is 6.75. The molecule has 0 saturated carbocycles. The summed E-state index contributed by atoms with van der Waals surface area (Å²) in [6.45, 7) is 3.61. The van der Waals surface area contributed by atoms with Gasteiger partial charge in [0.05, 0.1) is 81.2 Å². The first-order valence-electron chi connectivity index (χ1n) is 24.4. The number of ether oxygens (including phenoxy) is 5. The van der Waals surface area contributed by atoms with E-state index in [1.807, 2.05) is 54.7 Å². The number of benzene rings is 5. The first kappa shape index (κ1) is 50.0. The zero-order valence-corrected chi connectivity index (χ0v) is 41.2. The van der Waals surface area contributed by atoms with Gasteiger partial charge in [-0.05, 0) is 84.7 Å². The average Bonchev–Trinajstić information content (AvgIpc) is 3.90. The molecule has 4 atom stereocenters. The molecule has 4 heterocycles. The van der Waals surface area contributed by atoms with E-state index >= 15 is 0 Å². The Morgan fingerprint density at radius 3 is 2.01 bits per heavy atom. The zero-order chi connectivity index (χ0) is 51.3. The van der Waals surface area contributed by atoms with Gasteiger partial charge in [-0.3, -0.25) is 34.0 Å². The van der Waals surface area contributed by atoms with Crippen LogP contribution in [0.1, 0.15) is 70.5 Å². The fourth-order valence-electron chi connectivity index (χ4n) is 9.55. The summed E-state index contributed by atoms with van der Waals surface area (Å²) in [4.78, 5) is 77.6. The quantitative estimate of drug-likeness (QED) is 0.0670. The number of aliphatic hydroxyl groups excluding tert-OH is 1. The number of rotatable bonds is 18. The van der Waals surface area contributed by atoms with Crippen molar-refractivity contribution in [3.8, 4) is 23.0 Å². The normalized spacial score (nSPS) is 16.9. The fourth-order valence-corrected chi connectivity index (χ4v) is 9.55. The lowest BCUT2D eigenvalue weighted by molar-refractivity contribution is -0.128. The highest BCUT2D eigenvalue weighted by molar-refractivity contribution is 6.15. The Morgan fingerprint density at radius 1 is 0.740 bits per heavy atom. The molecule has 5 aromatic rings. The van der Waals surface area contributed by atoms with Crippen molar-refractivity contribution >= 4 is 64.4 Å². The molecular formula is C55H59N7O11. The van der Waals surface area contributed by atoms with E-state index in [0.717, 1.165) is 28.9 Å². The van der Waals surface area contributed by atoms with E-state index in [-0.39, 0.29) is 48.5 Å². The number of nitrogens with zero attached hydrogens (tertiary/aromatic N) is 4. The number of carbonyl (C=O) groups excluding carboxylic acids is 5. The Hall–Kier alpha value is -7.96. The molecule has 0 fully saturated rings. The lowest BCUT2D eigenvalue weighted by atomic mass is 10.0. The van der Waals surface area contributed by atoms with E-state index in [4.69, 9.17) is 34.4 Å². The molecule has 0 unspecified atom stereocenters. The summed E-state index contributed by atoms with van der Waals surface area (Å²) in [5.41, 5.74) is 12.2. The van der Waals surface area contributed by atoms with Gasteiger partial charge in [0.15, 0.2) is 23.0 Å². The molecule has 0 spiro atoms. The Bertz CT molecular complexity index is 2940. The van der Waals surface area contributed by atoms with Crippen LogP contribution in [0.3, 0.4) is 0 Å². The second-order valence-electron chi connectivity index (χ2n) is 18.7. The van der Waals surface area contributed by atoms with Crippen molar-refractivity contribution in [1.29, 1.82) is 0 Å². The fraction of sp³-hybridized carbons (Fsp3) is 0.345. The van der Waals surface area contributed by atoms with Crippen LogP contribution in [0, 0.1) is 5.92 Å². The van der Waals surface area contributed by atoms with Gasteiger partial charge in [-0.15, -0.1) is 0 Å². The van der Waals surface area contributed by atoms with Gasteiger partial charge in [0, 0.05) is 41.8 Å². The molecule has 380 valence electrons. The number of amides is 5. The number of methoxy groups -OCH3 is 2. The third-order valence-electron chi connectivity index (χ3n) is 13.6. The maximum Gasteiger partial charge on any atom is 0.414 e. The molecule has 4 aliphatic rings. The molecule has 4 aliphatic heterocycles. The Balaban J connectivity index is 0.836. The van der Waals surface area contributed by atoms with Crippen molar-refractivity contribution in [3.63, 3.8) is 0 Å². The highest BCUT2D eigenvalue weighted by Crippen LogP contribution is 2.44. The van der Waals surface area contributed by atoms with Crippen molar-refractivity contribution in [1.82, 2.24) is 5.32 Å². The maximum atomic E-state index is 14.5. The molecule has 0 aliphatic carbocycles. The number of nitrogens with one attached hydrogen (secondary N) is 2. The summed E-state index contributed by atoms with van der Waals surface area (Å²) in [6, 6.07) is 26.3. The molecule has 73 heavy (non-hydrogen) atoms. The molecule has 0 saturated heterocycles. The number of anilines is 4. The minimum atomic E-state index is -1.21. The molecule has 18 heteroatoms. The van der Waals surface area contributed by atoms with E-state index in [1.54, 1.807) is 79.3 Å². The van der Waals surface area contributed by atoms with E-state index in [1.165, 1.54) is 12.0 Å². The number of fused-ring (bicyclic) bond motifs is 8. The highest BCUT2D eigenvalue weighted by atomic mass is 16.6. The minimum Gasteiger partial charge on any atom is -0.493 e. The van der Waals surface area contributed by atoms with Crippen LogP contribution in [-0.4, -0.2) is 106 Å². The number of hydrogen-bond donors (Lipinski definition) is 4. The molecular weight excluding hydrogens is 935 g/mol. The van der Waals surface area contributed by atoms with Crippen LogP contribution in [0.5, 0.6) is 23.0 Å². The minimum absolute atomic E-state index is 0.130. The lowest BCUT2D eigenvalue weighted by Crippen LogP contribution is -2.53. The van der Waals surface area contributed by atoms with Gasteiger partial charge < -0.3 is 50.1 Å². The van der Waals surface area contributed by atoms with Crippen LogP contribution in [0.4, 0.5) is 33.2 Å². The van der Waals surface area contributed by atoms with Gasteiger partial charge in [0.2, 0.25) is 11.8 Å². The van der Waals surface area contributed by atoms with Crippen molar-refractivity contribution < 1.29 is 52.8 Å². The Morgan fingerprint density at radius 2 is 1.36 bits per heavy atom. The number of carbonyl (C=O) groups is 5. The molecule has 0 radical (unpaired) electrons. The Labute approximate surface area is 423 Å². The van der Waals surface area contributed by atoms with Crippen LogP contribution in [0.25, 0.3) is 0 Å². The van der Waals surface area contributed by atoms with Crippen molar-refractivity contribution in [2.45, 2.75) is 76.7 Å². The van der Waals surface area contributed by atoms with Crippen LogP contribution in [0.2, 0.25) is 0 Å². The monoisotopic (exact) mass is 993 g/mol. The van der Waals surface area contributed by atoms with Gasteiger partial charge in [-0.1, -0.05) is 62.4 Å². The number of hydrogen-bond acceptors (Lipinski definition) is 13. The van der Waals surface area contributed by atoms with E-state index in [9.17, 15) is 29.1 Å². The van der Waals surface area contributed by atoms with Gasteiger partial charge >= 0.3 is 6.09 Å². The molecule has 5 aromatic carbocycles. The topological polar surface area (TPSA) is 224 Å². The molecule has 18 nitrogen and oxygen atoms in total. The SMILES string of the molecule is COc1cc2c(cc1OCCCCCOc1cc3c(cc1OC)C(=O)N1c4ccccc4C[C@H]1CN3C(=O)OCc1ccc(NC(=O)[C@H](CO)NC(=O)[C@@H](N)C(C)C)cc1)N=C[C@@H]1Cc3ccccc3N1C2=O. The van der Waals surface area contributed by atoms with Gasteiger partial charge in [-0.2, -0.15) is 0 Å². The smallest absolute Gasteiger partial charge is 0.414 e. The summed E-state index contributed by atoms with van der Waals surface area (Å²) in [5.74, 6) is -0.160. The number of aliphatic imine (C=N–C) groups is 1. The first-order valence-corrected chi connectivity index (χ1v) is 24.4. The second-order valence-corrected chi connectivity index (χ2v) is 18.7. The maximum absolute atomic E-state index is 14.5. The molecule has 5 amide bonds. The van der Waals surface area contributed by atoms with E-state index in [0.29, 0.717) is 90.1 Å². The van der Waals surface area contributed by atoms with Crippen LogP contribution < -0.4 is 50.0 Å². The van der Waals surface area contributed by atoms with Gasteiger partial charge in [0.1, 0.15) is 12.6 Å². The third-order valence-corrected chi connectivity index (χ3v) is 13.6. The summed E-state index contributed by atoms with van der Waals surface area (Å²) in [5, 5.41) is 15.0. The summed E-state index contributed by atoms with van der Waals surface area (Å²) in [6.07, 6.45) is 4.44. The second kappa shape index (κ2) is 21.8. The van der Waals surface area contributed by atoms with Gasteiger partial charge in [0.25, 0.3) is 11.8 Å². The Kier molecular flexibility index (Phi) is 14.9. The zero-order valence-electron chi connectivity index (χ0n) is 41.2. The van der Waals surface area contributed by atoms with Crippen molar-refractivity contribution in [2.24, 2.45) is 16.6 Å². The molecule has 0 bridgehead atoms. The third kappa shape index (κ3) is 10.4. The molecule has 5 N–H and O–H groups in total. The summed E-state index contributed by atoms with van der Waals surface area (Å²) in [7, 11) is 3.04. The van der Waals surface area contributed by atoms with Crippen molar-refractivity contribution in [2.75, 3.05) is 60.6 Å². The first-order chi connectivity index (χ1) is 35.4. The number of nitrogens with two attached hydrogens (primary N) is 1. The predicted molar refractivity (Wildman–Crippen MR) is 275 cm³/mol. The number of para-hydroxylation sites is 2. The largest absolute Gasteiger partial charge is 0.493 e. The van der Waals surface area contributed by atoms with E-state index < -0.39 is 36.6 Å². The highest BCUT2D eigenvalue weighted by Gasteiger charge is 2.42. The number of aliphatic hydroxyl groups is 1. The summed E-state index contributed by atoms with van der Waals surface area (Å²) < 4.78 is 29.8. The number of unbranched alkanes of at least 4 members (excludes halogenated alkanes) is 2. The van der Waals surface area contributed by atoms with Crippen molar-refractivity contribution in [3.05, 3.63) is 125 Å². The summed E-state index contributed by atoms with van der Waals surface area (Å²) >= 11 is 0. The average molecular weight is 994 g/mol. The molecule has 0 aromatic heterocycles. The van der Waals surface area contributed by atoms with Crippen LogP contribution >= 0.6 is 0 Å². The standard InChI is InChI=1S/C55H59N7O11/c1-32(2)50(56)52(65)59-42(30-63)51(64)58-36-18-16-33(17-19-36)31-73-55(68)60-29-38-23-35-13-7-9-15-44(35)62(38)54(67)40-25-47(70-4)49(27-45(40)60)72-21-11-5-10-20-71-48-26-41-39(24-46(48)69-3)53(66)61-37(28-57-41)22-34-12-6-8-14-43(34)61/h6-9,12-19,24-28,32,37-38,42,50,63H,5,10-11,20-23,29-31,56H2,1-4H3,(H,58,64)(H,59,65)/t37-,38-,42-,50-/m0/s1. The lowest BCUT2D eigenvalue weighted by Gasteiger charge is -2.26. The van der Waals surface area contributed by atoms with Gasteiger partial charge in [-0.25, -0.2) is 4.79 Å². The van der Waals surface area contributed by atoms with Crippen LogP contribution in [-0.2, 0) is 33.8 Å². The van der Waals surface area contributed by atoms with E-state index in [2.05, 4.69) is 10.6 Å². The van der Waals surface area contributed by atoms with Crippen LogP contribution in [0.15, 0.2) is 102 Å². The molecule has 9 rings (SSSR count).